The van der Waals surface area contributed by atoms with Crippen LogP contribution < -0.4 is 5.73 Å². The molecule has 2 atom stereocenters. The first kappa shape index (κ1) is 10.5. The maximum Gasteiger partial charge on any atom is 0.309 e. The molecule has 0 saturated heterocycles. The van der Waals surface area contributed by atoms with Crippen LogP contribution in [-0.4, -0.2) is 18.1 Å². The van der Waals surface area contributed by atoms with Crippen LogP contribution in [0.15, 0.2) is 0 Å². The molecule has 3 nitrogen and oxygen atoms in total. The Morgan fingerprint density at radius 3 is 2.69 bits per heavy atom. The largest absolute Gasteiger partial charge is 0.463 e. The highest BCUT2D eigenvalue weighted by Gasteiger charge is 2.26. The average Bonchev–Trinajstić information content (AvgIpc) is 2.03. The molecule has 1 unspecified atom stereocenters. The summed E-state index contributed by atoms with van der Waals surface area (Å²) in [6, 6.07) is 0.193. The third-order valence-corrected chi connectivity index (χ3v) is 2.40. The van der Waals surface area contributed by atoms with Crippen molar-refractivity contribution in [1.29, 1.82) is 0 Å². The van der Waals surface area contributed by atoms with E-state index in [9.17, 15) is 4.79 Å². The van der Waals surface area contributed by atoms with Crippen LogP contribution in [-0.2, 0) is 9.53 Å². The van der Waals surface area contributed by atoms with E-state index in [1.807, 2.05) is 13.8 Å². The lowest BCUT2D eigenvalue weighted by Crippen LogP contribution is -2.33. The van der Waals surface area contributed by atoms with Crippen LogP contribution in [0.3, 0.4) is 0 Å². The molecule has 0 aromatic rings. The van der Waals surface area contributed by atoms with Crippen LogP contribution >= 0.6 is 0 Å². The summed E-state index contributed by atoms with van der Waals surface area (Å²) in [6.07, 6.45) is 3.83. The Hall–Kier alpha value is -0.570. The number of esters is 1. The molecular formula is C10H19NO2. The van der Waals surface area contributed by atoms with Gasteiger partial charge in [0, 0.05) is 6.04 Å². The molecule has 76 valence electrons. The molecule has 0 bridgehead atoms. The molecule has 1 aliphatic carbocycles. The Kier molecular flexibility index (Phi) is 3.72. The van der Waals surface area contributed by atoms with Gasteiger partial charge in [-0.1, -0.05) is 6.42 Å². The Balaban J connectivity index is 2.37. The summed E-state index contributed by atoms with van der Waals surface area (Å²) in [4.78, 5) is 11.5. The van der Waals surface area contributed by atoms with E-state index in [-0.39, 0.29) is 24.0 Å². The molecule has 0 heterocycles. The van der Waals surface area contributed by atoms with Gasteiger partial charge in [-0.2, -0.15) is 0 Å². The minimum absolute atomic E-state index is 0.00866. The van der Waals surface area contributed by atoms with E-state index in [4.69, 9.17) is 10.5 Å². The van der Waals surface area contributed by atoms with Gasteiger partial charge in [-0.15, -0.1) is 0 Å². The Morgan fingerprint density at radius 2 is 2.15 bits per heavy atom. The average molecular weight is 185 g/mol. The molecule has 3 heteroatoms. The van der Waals surface area contributed by atoms with Crippen LogP contribution in [0.5, 0.6) is 0 Å². The van der Waals surface area contributed by atoms with Crippen molar-refractivity contribution < 1.29 is 9.53 Å². The first-order chi connectivity index (χ1) is 6.09. The monoisotopic (exact) mass is 185 g/mol. The number of ether oxygens (including phenoxy) is 1. The summed E-state index contributed by atoms with van der Waals surface area (Å²) in [6.45, 7) is 3.75. The van der Waals surface area contributed by atoms with Gasteiger partial charge in [-0.05, 0) is 33.1 Å². The fourth-order valence-electron chi connectivity index (χ4n) is 1.77. The maximum atomic E-state index is 11.5. The van der Waals surface area contributed by atoms with E-state index in [1.165, 1.54) is 0 Å². The van der Waals surface area contributed by atoms with Gasteiger partial charge in [0.25, 0.3) is 0 Å². The molecule has 0 amide bonds. The van der Waals surface area contributed by atoms with E-state index < -0.39 is 0 Å². The van der Waals surface area contributed by atoms with Gasteiger partial charge >= 0.3 is 5.97 Å². The highest BCUT2D eigenvalue weighted by Crippen LogP contribution is 2.24. The molecule has 1 saturated carbocycles. The third kappa shape index (κ3) is 3.35. The molecule has 0 aromatic carbocycles. The topological polar surface area (TPSA) is 52.3 Å². The molecule has 0 aromatic heterocycles. The summed E-state index contributed by atoms with van der Waals surface area (Å²) in [5.41, 5.74) is 5.79. The summed E-state index contributed by atoms with van der Waals surface area (Å²) >= 11 is 0. The summed E-state index contributed by atoms with van der Waals surface area (Å²) in [5.74, 6) is -0.0173. The normalized spacial score (nSPS) is 28.9. The van der Waals surface area contributed by atoms with Gasteiger partial charge in [-0.3, -0.25) is 4.79 Å². The van der Waals surface area contributed by atoms with Crippen molar-refractivity contribution in [1.82, 2.24) is 0 Å². The van der Waals surface area contributed by atoms with Crippen molar-refractivity contribution in [2.24, 2.45) is 11.7 Å². The van der Waals surface area contributed by atoms with Crippen molar-refractivity contribution >= 4 is 5.97 Å². The Morgan fingerprint density at radius 1 is 1.46 bits per heavy atom. The zero-order chi connectivity index (χ0) is 9.84. The SMILES string of the molecule is CC(C)OC(=O)C1CCC[C@@H](N)C1. The summed E-state index contributed by atoms with van der Waals surface area (Å²) in [5, 5.41) is 0. The predicted molar refractivity (Wildman–Crippen MR) is 51.2 cm³/mol. The minimum Gasteiger partial charge on any atom is -0.463 e. The van der Waals surface area contributed by atoms with Gasteiger partial charge in [0.1, 0.15) is 0 Å². The first-order valence-electron chi connectivity index (χ1n) is 5.05. The van der Waals surface area contributed by atoms with Crippen LogP contribution in [0.2, 0.25) is 0 Å². The standard InChI is InChI=1S/C10H19NO2/c1-7(2)13-10(12)8-4-3-5-9(11)6-8/h7-9H,3-6,11H2,1-2H3/t8?,9-/m1/s1. The second-order valence-corrected chi connectivity index (χ2v) is 4.11. The van der Waals surface area contributed by atoms with E-state index in [2.05, 4.69) is 0 Å². The van der Waals surface area contributed by atoms with Gasteiger partial charge in [0.2, 0.25) is 0 Å². The van der Waals surface area contributed by atoms with Gasteiger partial charge in [-0.25, -0.2) is 0 Å². The third-order valence-electron chi connectivity index (χ3n) is 2.40. The number of carbonyl (C=O) groups is 1. The van der Waals surface area contributed by atoms with Gasteiger partial charge in [0.05, 0.1) is 12.0 Å². The molecule has 0 aliphatic heterocycles. The first-order valence-corrected chi connectivity index (χ1v) is 5.05. The smallest absolute Gasteiger partial charge is 0.309 e. The lowest BCUT2D eigenvalue weighted by Gasteiger charge is -2.25. The number of hydrogen-bond donors (Lipinski definition) is 1. The van der Waals surface area contributed by atoms with E-state index in [0.29, 0.717) is 0 Å². The van der Waals surface area contributed by atoms with E-state index >= 15 is 0 Å². The maximum absolute atomic E-state index is 11.5. The second-order valence-electron chi connectivity index (χ2n) is 4.11. The number of rotatable bonds is 2. The molecular weight excluding hydrogens is 166 g/mol. The van der Waals surface area contributed by atoms with Crippen LogP contribution in [0.25, 0.3) is 0 Å². The molecule has 2 N–H and O–H groups in total. The van der Waals surface area contributed by atoms with E-state index in [0.717, 1.165) is 25.7 Å². The quantitative estimate of drug-likeness (QED) is 0.662. The zero-order valence-electron chi connectivity index (χ0n) is 8.45. The van der Waals surface area contributed by atoms with Gasteiger partial charge < -0.3 is 10.5 Å². The molecule has 0 radical (unpaired) electrons. The lowest BCUT2D eigenvalue weighted by molar-refractivity contribution is -0.153. The summed E-state index contributed by atoms with van der Waals surface area (Å²) in [7, 11) is 0. The molecule has 1 fully saturated rings. The molecule has 1 aliphatic rings. The predicted octanol–water partition coefficient (Wildman–Crippen LogP) is 1.46. The highest BCUT2D eigenvalue weighted by atomic mass is 16.5. The van der Waals surface area contributed by atoms with Crippen LogP contribution in [0.4, 0.5) is 0 Å². The van der Waals surface area contributed by atoms with Gasteiger partial charge in [0.15, 0.2) is 0 Å². The Labute approximate surface area is 79.6 Å². The number of nitrogens with two attached hydrogens (primary N) is 1. The van der Waals surface area contributed by atoms with Crippen LogP contribution in [0, 0.1) is 5.92 Å². The Bertz CT molecular complexity index is 180. The van der Waals surface area contributed by atoms with Crippen molar-refractivity contribution in [3.8, 4) is 0 Å². The second kappa shape index (κ2) is 4.61. The fraction of sp³-hybridized carbons (Fsp3) is 0.900. The van der Waals surface area contributed by atoms with Crippen molar-refractivity contribution in [2.45, 2.75) is 51.7 Å². The fourth-order valence-corrected chi connectivity index (χ4v) is 1.77. The highest BCUT2D eigenvalue weighted by molar-refractivity contribution is 5.72. The summed E-state index contributed by atoms with van der Waals surface area (Å²) < 4.78 is 5.14. The lowest BCUT2D eigenvalue weighted by atomic mass is 9.86. The van der Waals surface area contributed by atoms with Crippen molar-refractivity contribution in [2.75, 3.05) is 0 Å². The number of hydrogen-bond acceptors (Lipinski definition) is 3. The molecule has 13 heavy (non-hydrogen) atoms. The van der Waals surface area contributed by atoms with E-state index in [1.54, 1.807) is 0 Å². The zero-order valence-corrected chi connectivity index (χ0v) is 8.45. The number of carbonyl (C=O) groups excluding carboxylic acids is 1. The minimum atomic E-state index is -0.0647. The molecule has 0 spiro atoms. The molecule has 1 rings (SSSR count). The van der Waals surface area contributed by atoms with Crippen molar-refractivity contribution in [3.63, 3.8) is 0 Å². The van der Waals surface area contributed by atoms with Crippen LogP contribution in [0.1, 0.15) is 39.5 Å². The van der Waals surface area contributed by atoms with Crippen molar-refractivity contribution in [3.05, 3.63) is 0 Å².